The minimum atomic E-state index is -0.464. The smallest absolute Gasteiger partial charge is 0.410 e. The molecule has 1 aromatic carbocycles. The molecule has 1 aliphatic rings. The molecule has 2 aromatic rings. The highest BCUT2D eigenvalue weighted by Gasteiger charge is 2.24. The number of methoxy groups -OCH3 is 1. The Morgan fingerprint density at radius 3 is 2.62 bits per heavy atom. The topological polar surface area (TPSA) is 64.5 Å². The summed E-state index contributed by atoms with van der Waals surface area (Å²) in [4.78, 5) is 22.9. The molecule has 1 fully saturated rings. The summed E-state index contributed by atoms with van der Waals surface area (Å²) in [6, 6.07) is 5.95. The number of carbonyl (C=O) groups excluding carboxylic acids is 1. The van der Waals surface area contributed by atoms with Crippen LogP contribution in [0.4, 0.5) is 4.79 Å². The lowest BCUT2D eigenvalue weighted by atomic mass is 10.0. The van der Waals surface area contributed by atoms with Gasteiger partial charge in [-0.1, -0.05) is 23.8 Å². The number of benzene rings is 1. The lowest BCUT2D eigenvalue weighted by Crippen LogP contribution is -2.40. The summed E-state index contributed by atoms with van der Waals surface area (Å²) in [7, 11) is 1.59. The molecule has 0 spiro atoms. The van der Waals surface area contributed by atoms with E-state index in [4.69, 9.17) is 9.47 Å². The molecule has 1 amide bonds. The van der Waals surface area contributed by atoms with Crippen molar-refractivity contribution in [1.29, 1.82) is 0 Å². The average molecular weight is 355 g/mol. The molecule has 3 rings (SSSR count). The maximum Gasteiger partial charge on any atom is 0.410 e. The highest BCUT2D eigenvalue weighted by Crippen LogP contribution is 2.25. The van der Waals surface area contributed by atoms with Gasteiger partial charge >= 0.3 is 6.09 Å². The molecule has 1 aliphatic heterocycles. The number of nitrogens with zero attached hydrogens (tertiary/aromatic N) is 3. The van der Waals surface area contributed by atoms with E-state index in [0.29, 0.717) is 19.0 Å². The first kappa shape index (κ1) is 18.2. The molecule has 0 atom stereocenters. The Morgan fingerprint density at radius 1 is 1.23 bits per heavy atom. The zero-order valence-corrected chi connectivity index (χ0v) is 15.8. The molecule has 26 heavy (non-hydrogen) atoms. The van der Waals surface area contributed by atoms with Crippen LogP contribution in [-0.2, 0) is 4.74 Å². The Kier molecular flexibility index (Phi) is 5.11. The van der Waals surface area contributed by atoms with E-state index in [9.17, 15) is 4.79 Å². The van der Waals surface area contributed by atoms with Crippen molar-refractivity contribution in [1.82, 2.24) is 14.9 Å². The molecular weight excluding hydrogens is 330 g/mol. The van der Waals surface area contributed by atoms with E-state index in [0.717, 1.165) is 29.4 Å². The molecule has 0 saturated carbocycles. The van der Waals surface area contributed by atoms with Crippen LogP contribution in [0.1, 0.15) is 39.2 Å². The van der Waals surface area contributed by atoms with Gasteiger partial charge in [0.15, 0.2) is 0 Å². The number of rotatable bonds is 2. The summed E-state index contributed by atoms with van der Waals surface area (Å²) in [5.74, 6) is 0.503. The molecule has 1 saturated heterocycles. The zero-order valence-electron chi connectivity index (χ0n) is 15.8. The maximum absolute atomic E-state index is 12.2. The molecule has 0 aliphatic carbocycles. The van der Waals surface area contributed by atoms with Crippen molar-refractivity contribution in [2.45, 2.75) is 39.2 Å². The van der Waals surface area contributed by atoms with Gasteiger partial charge in [0.2, 0.25) is 5.88 Å². The Bertz CT molecular complexity index is 830. The first-order chi connectivity index (χ1) is 12.4. The standard InChI is InChI=1S/C20H25N3O3/c1-20(2,3)26-19(24)23-10-8-14(9-11-23)12-15-6-5-7-16-18(15)22-17(25-4)13-21-16/h5-7,12-13H,8-11H2,1-4H3. The van der Waals surface area contributed by atoms with Gasteiger partial charge < -0.3 is 14.4 Å². The van der Waals surface area contributed by atoms with Crippen molar-refractivity contribution in [2.75, 3.05) is 20.2 Å². The highest BCUT2D eigenvalue weighted by atomic mass is 16.6. The summed E-state index contributed by atoms with van der Waals surface area (Å²) in [5, 5.41) is 0. The van der Waals surface area contributed by atoms with E-state index in [1.165, 1.54) is 5.57 Å². The Balaban J connectivity index is 1.75. The highest BCUT2D eigenvalue weighted by molar-refractivity contribution is 5.85. The molecule has 0 unspecified atom stereocenters. The molecule has 0 bridgehead atoms. The number of likely N-dealkylation sites (tertiary alicyclic amines) is 1. The third-order valence-electron chi connectivity index (χ3n) is 4.21. The van der Waals surface area contributed by atoms with E-state index in [1.807, 2.05) is 39.0 Å². The fourth-order valence-corrected chi connectivity index (χ4v) is 2.92. The fourth-order valence-electron chi connectivity index (χ4n) is 2.92. The Hall–Kier alpha value is -2.63. The summed E-state index contributed by atoms with van der Waals surface area (Å²) in [6.07, 6.45) is 5.19. The third kappa shape index (κ3) is 4.31. The molecule has 2 heterocycles. The van der Waals surface area contributed by atoms with E-state index in [2.05, 4.69) is 16.0 Å². The van der Waals surface area contributed by atoms with Gasteiger partial charge in [-0.15, -0.1) is 0 Å². The number of hydrogen-bond acceptors (Lipinski definition) is 5. The minimum Gasteiger partial charge on any atom is -0.480 e. The van der Waals surface area contributed by atoms with Gasteiger partial charge in [0.25, 0.3) is 0 Å². The maximum atomic E-state index is 12.2. The average Bonchev–Trinajstić information content (AvgIpc) is 2.61. The van der Waals surface area contributed by atoms with Crippen LogP contribution in [0.5, 0.6) is 5.88 Å². The normalized spacial score (nSPS) is 15.1. The van der Waals surface area contributed by atoms with Gasteiger partial charge in [-0.05, 0) is 39.7 Å². The number of ether oxygens (including phenoxy) is 2. The largest absolute Gasteiger partial charge is 0.480 e. The molecule has 0 N–H and O–H groups in total. The zero-order chi connectivity index (χ0) is 18.7. The SMILES string of the molecule is COc1cnc2cccc(C=C3CCN(C(=O)OC(C)(C)C)CC3)c2n1. The van der Waals surface area contributed by atoms with Gasteiger partial charge in [-0.3, -0.25) is 0 Å². The van der Waals surface area contributed by atoms with Crippen molar-refractivity contribution < 1.29 is 14.3 Å². The number of piperidine rings is 1. The quantitative estimate of drug-likeness (QED) is 0.813. The van der Waals surface area contributed by atoms with E-state index >= 15 is 0 Å². The second-order valence-corrected chi connectivity index (χ2v) is 7.40. The Labute approximate surface area is 153 Å². The van der Waals surface area contributed by atoms with Crippen molar-refractivity contribution >= 4 is 23.2 Å². The van der Waals surface area contributed by atoms with Crippen molar-refractivity contribution in [3.8, 4) is 5.88 Å². The summed E-state index contributed by atoms with van der Waals surface area (Å²) < 4.78 is 10.6. The van der Waals surface area contributed by atoms with E-state index in [-0.39, 0.29) is 6.09 Å². The van der Waals surface area contributed by atoms with Gasteiger partial charge in [0, 0.05) is 18.7 Å². The van der Waals surface area contributed by atoms with E-state index < -0.39 is 5.60 Å². The Morgan fingerprint density at radius 2 is 1.96 bits per heavy atom. The molecule has 0 radical (unpaired) electrons. The number of fused-ring (bicyclic) bond motifs is 1. The predicted octanol–water partition coefficient (Wildman–Crippen LogP) is 4.05. The third-order valence-corrected chi connectivity index (χ3v) is 4.21. The van der Waals surface area contributed by atoms with Crippen LogP contribution >= 0.6 is 0 Å². The lowest BCUT2D eigenvalue weighted by molar-refractivity contribution is 0.0237. The monoisotopic (exact) mass is 355 g/mol. The second kappa shape index (κ2) is 7.32. The molecular formula is C20H25N3O3. The van der Waals surface area contributed by atoms with Gasteiger partial charge in [0.1, 0.15) is 5.60 Å². The number of carbonyl (C=O) groups is 1. The predicted molar refractivity (Wildman–Crippen MR) is 101 cm³/mol. The van der Waals surface area contributed by atoms with Crippen LogP contribution in [0.15, 0.2) is 30.0 Å². The van der Waals surface area contributed by atoms with Crippen LogP contribution < -0.4 is 4.74 Å². The molecule has 6 nitrogen and oxygen atoms in total. The summed E-state index contributed by atoms with van der Waals surface area (Å²) in [6.45, 7) is 6.99. The van der Waals surface area contributed by atoms with Crippen molar-refractivity contribution in [3.63, 3.8) is 0 Å². The molecule has 6 heteroatoms. The first-order valence-corrected chi connectivity index (χ1v) is 8.83. The number of hydrogen-bond donors (Lipinski definition) is 0. The summed E-state index contributed by atoms with van der Waals surface area (Å²) in [5.41, 5.74) is 3.52. The number of para-hydroxylation sites is 1. The second-order valence-electron chi connectivity index (χ2n) is 7.40. The summed E-state index contributed by atoms with van der Waals surface area (Å²) >= 11 is 0. The van der Waals surface area contributed by atoms with Gasteiger partial charge in [0.05, 0.1) is 24.3 Å². The van der Waals surface area contributed by atoms with Crippen LogP contribution in [0.2, 0.25) is 0 Å². The fraction of sp³-hybridized carbons (Fsp3) is 0.450. The van der Waals surface area contributed by atoms with Crippen LogP contribution in [0.25, 0.3) is 17.1 Å². The molecule has 138 valence electrons. The lowest BCUT2D eigenvalue weighted by Gasteiger charge is -2.31. The van der Waals surface area contributed by atoms with Crippen LogP contribution in [0.3, 0.4) is 0 Å². The van der Waals surface area contributed by atoms with Crippen molar-refractivity contribution in [3.05, 3.63) is 35.5 Å². The minimum absolute atomic E-state index is 0.239. The van der Waals surface area contributed by atoms with Gasteiger partial charge in [-0.25, -0.2) is 14.8 Å². The first-order valence-electron chi connectivity index (χ1n) is 8.83. The van der Waals surface area contributed by atoms with Crippen LogP contribution in [-0.4, -0.2) is 46.8 Å². The van der Waals surface area contributed by atoms with Crippen LogP contribution in [0, 0.1) is 0 Å². The van der Waals surface area contributed by atoms with E-state index in [1.54, 1.807) is 18.2 Å². The number of aromatic nitrogens is 2. The van der Waals surface area contributed by atoms with Crippen molar-refractivity contribution in [2.24, 2.45) is 0 Å². The molecule has 1 aromatic heterocycles. The number of amides is 1. The van der Waals surface area contributed by atoms with Gasteiger partial charge in [-0.2, -0.15) is 0 Å².